The Morgan fingerprint density at radius 1 is 0.938 bits per heavy atom. The maximum Gasteiger partial charge on any atom is 0.0687 e. The van der Waals surface area contributed by atoms with Crippen LogP contribution in [0.2, 0.25) is 0 Å². The second-order valence-electron chi connectivity index (χ2n) is 3.75. The molecule has 0 unspecified atom stereocenters. The van der Waals surface area contributed by atoms with E-state index in [4.69, 9.17) is 5.41 Å². The summed E-state index contributed by atoms with van der Waals surface area (Å²) in [5.41, 5.74) is 3.86. The van der Waals surface area contributed by atoms with E-state index in [9.17, 15) is 0 Å². The molecule has 0 amide bonds. The molecule has 0 saturated heterocycles. The van der Waals surface area contributed by atoms with Gasteiger partial charge in [-0.1, -0.05) is 61.5 Å². The number of hydrogen-bond acceptors (Lipinski definition) is 1. The highest BCUT2D eigenvalue weighted by Crippen LogP contribution is 2.14. The Morgan fingerprint density at radius 3 is 2.25 bits per heavy atom. The van der Waals surface area contributed by atoms with Crippen molar-refractivity contribution in [1.82, 2.24) is 0 Å². The highest BCUT2D eigenvalue weighted by molar-refractivity contribution is 6.11. The van der Waals surface area contributed by atoms with Gasteiger partial charge < -0.3 is 0 Å². The van der Waals surface area contributed by atoms with Crippen molar-refractivity contribution >= 4 is 5.71 Å². The van der Waals surface area contributed by atoms with E-state index in [2.05, 4.69) is 13.0 Å². The van der Waals surface area contributed by atoms with Gasteiger partial charge in [-0.15, -0.1) is 0 Å². The van der Waals surface area contributed by atoms with E-state index in [1.165, 1.54) is 5.56 Å². The monoisotopic (exact) mass is 209 g/mol. The van der Waals surface area contributed by atoms with Gasteiger partial charge in [-0.3, -0.25) is 5.41 Å². The van der Waals surface area contributed by atoms with Gasteiger partial charge in [-0.2, -0.15) is 0 Å². The smallest absolute Gasteiger partial charge is 0.0687 e. The molecule has 2 aromatic carbocycles. The highest BCUT2D eigenvalue weighted by Gasteiger charge is 2.07. The minimum absolute atomic E-state index is 0.609. The maximum absolute atomic E-state index is 8.21. The van der Waals surface area contributed by atoms with E-state index in [0.717, 1.165) is 17.5 Å². The fourth-order valence-corrected chi connectivity index (χ4v) is 1.83. The van der Waals surface area contributed by atoms with Crippen molar-refractivity contribution in [2.24, 2.45) is 0 Å². The number of rotatable bonds is 3. The summed E-state index contributed by atoms with van der Waals surface area (Å²) in [6, 6.07) is 18.0. The van der Waals surface area contributed by atoms with Gasteiger partial charge in [0.2, 0.25) is 0 Å². The van der Waals surface area contributed by atoms with Crippen molar-refractivity contribution in [2.75, 3.05) is 0 Å². The average molecular weight is 209 g/mol. The quantitative estimate of drug-likeness (QED) is 0.746. The summed E-state index contributed by atoms with van der Waals surface area (Å²) in [6.45, 7) is 2.12. The highest BCUT2D eigenvalue weighted by atomic mass is 14.4. The van der Waals surface area contributed by atoms with Crippen molar-refractivity contribution in [3.63, 3.8) is 0 Å². The molecule has 0 aromatic heterocycles. The van der Waals surface area contributed by atoms with Crippen molar-refractivity contribution in [3.05, 3.63) is 71.3 Å². The van der Waals surface area contributed by atoms with Crippen molar-refractivity contribution in [2.45, 2.75) is 13.3 Å². The summed E-state index contributed by atoms with van der Waals surface area (Å²) in [6.07, 6.45) is 0.964. The van der Waals surface area contributed by atoms with E-state index in [-0.39, 0.29) is 0 Å². The van der Waals surface area contributed by atoms with Gasteiger partial charge in [0.25, 0.3) is 0 Å². The van der Waals surface area contributed by atoms with E-state index in [1.54, 1.807) is 0 Å². The topological polar surface area (TPSA) is 23.9 Å². The molecule has 0 fully saturated rings. The standard InChI is InChI=1S/C15H15N/c1-2-12-8-6-7-11-14(12)15(16)13-9-4-3-5-10-13/h3-11,16H,2H2,1H3. The summed E-state index contributed by atoms with van der Waals surface area (Å²) < 4.78 is 0. The molecule has 0 atom stereocenters. The average Bonchev–Trinajstić information content (AvgIpc) is 2.39. The minimum Gasteiger partial charge on any atom is -0.300 e. The van der Waals surface area contributed by atoms with Crippen LogP contribution in [0.3, 0.4) is 0 Å². The Bertz CT molecular complexity index is 486. The lowest BCUT2D eigenvalue weighted by atomic mass is 9.96. The van der Waals surface area contributed by atoms with Crippen LogP contribution in [-0.4, -0.2) is 5.71 Å². The van der Waals surface area contributed by atoms with Crippen LogP contribution < -0.4 is 0 Å². The van der Waals surface area contributed by atoms with Crippen LogP contribution in [0.1, 0.15) is 23.6 Å². The summed E-state index contributed by atoms with van der Waals surface area (Å²) in [7, 11) is 0. The first-order valence-electron chi connectivity index (χ1n) is 5.55. The number of aryl methyl sites for hydroxylation is 1. The van der Waals surface area contributed by atoms with Gasteiger partial charge in [-0.05, 0) is 12.0 Å². The Kier molecular flexibility index (Phi) is 3.16. The zero-order chi connectivity index (χ0) is 11.4. The third-order valence-corrected chi connectivity index (χ3v) is 2.73. The molecule has 2 aromatic rings. The van der Waals surface area contributed by atoms with Crippen LogP contribution in [0.15, 0.2) is 54.6 Å². The molecule has 0 radical (unpaired) electrons. The second kappa shape index (κ2) is 4.75. The van der Waals surface area contributed by atoms with Gasteiger partial charge in [-0.25, -0.2) is 0 Å². The second-order valence-corrected chi connectivity index (χ2v) is 3.75. The van der Waals surface area contributed by atoms with Gasteiger partial charge in [0.15, 0.2) is 0 Å². The van der Waals surface area contributed by atoms with Crippen molar-refractivity contribution < 1.29 is 0 Å². The molecule has 80 valence electrons. The largest absolute Gasteiger partial charge is 0.300 e. The summed E-state index contributed by atoms with van der Waals surface area (Å²) in [4.78, 5) is 0. The van der Waals surface area contributed by atoms with Crippen molar-refractivity contribution in [3.8, 4) is 0 Å². The Morgan fingerprint density at radius 2 is 1.56 bits per heavy atom. The zero-order valence-electron chi connectivity index (χ0n) is 9.40. The third kappa shape index (κ3) is 2.03. The molecule has 0 aliphatic rings. The normalized spacial score (nSPS) is 10.1. The molecule has 0 heterocycles. The van der Waals surface area contributed by atoms with Gasteiger partial charge in [0.1, 0.15) is 0 Å². The fraction of sp³-hybridized carbons (Fsp3) is 0.133. The molecular weight excluding hydrogens is 194 g/mol. The predicted octanol–water partition coefficient (Wildman–Crippen LogP) is 3.67. The maximum atomic E-state index is 8.21. The van der Waals surface area contributed by atoms with Gasteiger partial charge in [0, 0.05) is 11.1 Å². The molecule has 1 heteroatoms. The number of benzene rings is 2. The fourth-order valence-electron chi connectivity index (χ4n) is 1.83. The number of hydrogen-bond donors (Lipinski definition) is 1. The van der Waals surface area contributed by atoms with Crippen LogP contribution in [-0.2, 0) is 6.42 Å². The molecule has 2 rings (SSSR count). The first-order chi connectivity index (χ1) is 7.83. The molecule has 0 aliphatic heterocycles. The van der Waals surface area contributed by atoms with Crippen molar-refractivity contribution in [1.29, 1.82) is 5.41 Å². The first-order valence-corrected chi connectivity index (χ1v) is 5.55. The van der Waals surface area contributed by atoms with Gasteiger partial charge >= 0.3 is 0 Å². The Balaban J connectivity index is 2.42. The summed E-state index contributed by atoms with van der Waals surface area (Å²) in [5, 5.41) is 8.21. The first kappa shape index (κ1) is 10.6. The van der Waals surface area contributed by atoms with E-state index in [1.807, 2.05) is 48.5 Å². The predicted molar refractivity (Wildman–Crippen MR) is 68.2 cm³/mol. The lowest BCUT2D eigenvalue weighted by Crippen LogP contribution is -2.04. The lowest BCUT2D eigenvalue weighted by molar-refractivity contribution is 1.13. The lowest BCUT2D eigenvalue weighted by Gasteiger charge is -2.09. The summed E-state index contributed by atoms with van der Waals surface area (Å²) >= 11 is 0. The molecule has 0 spiro atoms. The van der Waals surface area contributed by atoms with Crippen LogP contribution in [0.4, 0.5) is 0 Å². The van der Waals surface area contributed by atoms with Gasteiger partial charge in [0.05, 0.1) is 5.71 Å². The third-order valence-electron chi connectivity index (χ3n) is 2.73. The van der Waals surface area contributed by atoms with Crippen LogP contribution in [0.25, 0.3) is 0 Å². The molecule has 16 heavy (non-hydrogen) atoms. The van der Waals surface area contributed by atoms with Crippen LogP contribution in [0, 0.1) is 5.41 Å². The van der Waals surface area contributed by atoms with Crippen LogP contribution in [0.5, 0.6) is 0 Å². The Hall–Kier alpha value is -1.89. The van der Waals surface area contributed by atoms with E-state index >= 15 is 0 Å². The molecule has 1 nitrogen and oxygen atoms in total. The molecule has 0 saturated carbocycles. The SMILES string of the molecule is CCc1ccccc1C(=N)c1ccccc1. The molecule has 0 aliphatic carbocycles. The van der Waals surface area contributed by atoms with Crippen LogP contribution >= 0.6 is 0 Å². The molecule has 1 N–H and O–H groups in total. The molecular formula is C15H15N. The van der Waals surface area contributed by atoms with E-state index in [0.29, 0.717) is 5.71 Å². The number of nitrogens with one attached hydrogen (secondary N) is 1. The summed E-state index contributed by atoms with van der Waals surface area (Å²) in [5.74, 6) is 0. The Labute approximate surface area is 96.3 Å². The zero-order valence-corrected chi connectivity index (χ0v) is 9.40. The van der Waals surface area contributed by atoms with E-state index < -0.39 is 0 Å². The molecule has 0 bridgehead atoms. The minimum atomic E-state index is 0.609.